The lowest BCUT2D eigenvalue weighted by atomic mass is 9.77. The Labute approximate surface area is 140 Å². The predicted molar refractivity (Wildman–Crippen MR) is 86.4 cm³/mol. The van der Waals surface area contributed by atoms with Crippen LogP contribution in [0.25, 0.3) is 0 Å². The van der Waals surface area contributed by atoms with E-state index in [0.717, 1.165) is 57.1 Å². The van der Waals surface area contributed by atoms with Crippen molar-refractivity contribution in [1.82, 2.24) is 0 Å². The molecule has 1 saturated carbocycles. The molecule has 1 aliphatic rings. The monoisotopic (exact) mass is 344 g/mol. The Bertz CT molecular complexity index is 525. The molecule has 5 heteroatoms. The van der Waals surface area contributed by atoms with E-state index in [9.17, 15) is 17.6 Å². The zero-order valence-electron chi connectivity index (χ0n) is 13.9. The number of allylic oxidation sites excluding steroid dienone is 2. The molecule has 0 spiro atoms. The Kier molecular flexibility index (Phi) is 7.13. The smallest absolute Gasteiger partial charge is 0.387 e. The Morgan fingerprint density at radius 3 is 2.25 bits per heavy atom. The summed E-state index contributed by atoms with van der Waals surface area (Å²) in [4.78, 5) is 0. The zero-order chi connectivity index (χ0) is 17.5. The molecule has 1 aromatic rings. The largest absolute Gasteiger partial charge is 0.429 e. The quantitative estimate of drug-likeness (QED) is 0.401. The molecule has 1 aromatic carbocycles. The molecule has 1 fully saturated rings. The average Bonchev–Trinajstić information content (AvgIpc) is 2.55. The van der Waals surface area contributed by atoms with Crippen molar-refractivity contribution < 1.29 is 22.3 Å². The van der Waals surface area contributed by atoms with Gasteiger partial charge in [0.25, 0.3) is 0 Å². The number of alkyl halides is 2. The summed E-state index contributed by atoms with van der Waals surface area (Å²) in [6, 6.07) is 2.27. The van der Waals surface area contributed by atoms with E-state index in [1.54, 1.807) is 0 Å². The van der Waals surface area contributed by atoms with Crippen molar-refractivity contribution in [2.45, 2.75) is 64.4 Å². The van der Waals surface area contributed by atoms with Crippen LogP contribution in [0.1, 0.15) is 63.4 Å². The molecular weight excluding hydrogens is 320 g/mol. The molecule has 0 heterocycles. The molecule has 0 N–H and O–H groups in total. The number of halogens is 4. The maximum absolute atomic E-state index is 13.8. The minimum Gasteiger partial charge on any atom is -0.429 e. The maximum atomic E-state index is 13.8. The normalized spacial score (nSPS) is 21.6. The molecule has 0 atom stereocenters. The number of hydrogen-bond acceptors (Lipinski definition) is 1. The van der Waals surface area contributed by atoms with E-state index in [1.165, 1.54) is 0 Å². The molecule has 0 radical (unpaired) electrons. The second kappa shape index (κ2) is 9.09. The van der Waals surface area contributed by atoms with Gasteiger partial charge in [-0.2, -0.15) is 8.78 Å². The van der Waals surface area contributed by atoms with E-state index in [0.29, 0.717) is 11.5 Å². The number of hydrogen-bond donors (Lipinski definition) is 0. The topological polar surface area (TPSA) is 9.23 Å². The lowest BCUT2D eigenvalue weighted by Crippen LogP contribution is -2.14. The molecule has 0 amide bonds. The van der Waals surface area contributed by atoms with E-state index in [2.05, 4.69) is 23.8 Å². The van der Waals surface area contributed by atoms with Crippen molar-refractivity contribution in [2.75, 3.05) is 0 Å². The van der Waals surface area contributed by atoms with Crippen LogP contribution in [-0.2, 0) is 0 Å². The first-order valence-electron chi connectivity index (χ1n) is 8.60. The average molecular weight is 344 g/mol. The van der Waals surface area contributed by atoms with Crippen LogP contribution >= 0.6 is 0 Å². The van der Waals surface area contributed by atoms with Crippen molar-refractivity contribution in [2.24, 2.45) is 5.92 Å². The van der Waals surface area contributed by atoms with Gasteiger partial charge in [-0.1, -0.05) is 19.1 Å². The fourth-order valence-corrected chi connectivity index (χ4v) is 3.42. The minimum absolute atomic E-state index is 0.0806. The van der Waals surface area contributed by atoms with Gasteiger partial charge in [0.15, 0.2) is 17.4 Å². The molecule has 134 valence electrons. The highest BCUT2D eigenvalue weighted by molar-refractivity contribution is 5.33. The van der Waals surface area contributed by atoms with Crippen molar-refractivity contribution >= 4 is 0 Å². The Morgan fingerprint density at radius 2 is 1.71 bits per heavy atom. The maximum Gasteiger partial charge on any atom is 0.387 e. The second-order valence-corrected chi connectivity index (χ2v) is 6.37. The third-order valence-corrected chi connectivity index (χ3v) is 4.69. The van der Waals surface area contributed by atoms with Gasteiger partial charge >= 0.3 is 6.61 Å². The summed E-state index contributed by atoms with van der Waals surface area (Å²) in [6.45, 7) is -1.13. The Morgan fingerprint density at radius 1 is 1.08 bits per heavy atom. The highest BCUT2D eigenvalue weighted by atomic mass is 19.3. The van der Waals surface area contributed by atoms with E-state index in [4.69, 9.17) is 0 Å². The van der Waals surface area contributed by atoms with Crippen molar-refractivity contribution in [3.8, 4) is 5.75 Å². The van der Waals surface area contributed by atoms with Gasteiger partial charge in [0.05, 0.1) is 0 Å². The first kappa shape index (κ1) is 18.8. The highest BCUT2D eigenvalue weighted by Gasteiger charge is 2.25. The predicted octanol–water partition coefficient (Wildman–Crippen LogP) is 6.59. The summed E-state index contributed by atoms with van der Waals surface area (Å²) in [5.74, 6) is -2.38. The number of rotatable bonds is 7. The Hall–Kier alpha value is -1.52. The van der Waals surface area contributed by atoms with Crippen LogP contribution in [0.3, 0.4) is 0 Å². The highest BCUT2D eigenvalue weighted by Crippen LogP contribution is 2.39. The van der Waals surface area contributed by atoms with Crippen LogP contribution in [0.2, 0.25) is 0 Å². The molecule has 0 bridgehead atoms. The first-order chi connectivity index (χ1) is 11.5. The van der Waals surface area contributed by atoms with Crippen molar-refractivity contribution in [1.29, 1.82) is 0 Å². The van der Waals surface area contributed by atoms with E-state index in [-0.39, 0.29) is 5.92 Å². The summed E-state index contributed by atoms with van der Waals surface area (Å²) >= 11 is 0. The van der Waals surface area contributed by atoms with Gasteiger partial charge in [-0.05, 0) is 74.5 Å². The fourth-order valence-electron chi connectivity index (χ4n) is 3.42. The summed E-state index contributed by atoms with van der Waals surface area (Å²) in [5.41, 5.74) is 0.538. The summed E-state index contributed by atoms with van der Waals surface area (Å²) in [5, 5.41) is 0. The van der Waals surface area contributed by atoms with Crippen molar-refractivity contribution in [3.05, 3.63) is 41.5 Å². The Balaban J connectivity index is 1.93. The van der Waals surface area contributed by atoms with Gasteiger partial charge in [-0.3, -0.25) is 0 Å². The van der Waals surface area contributed by atoms with E-state index >= 15 is 0 Å². The van der Waals surface area contributed by atoms with Crippen molar-refractivity contribution in [3.63, 3.8) is 0 Å². The summed E-state index contributed by atoms with van der Waals surface area (Å²) < 4.78 is 55.9. The van der Waals surface area contributed by atoms with Crippen LogP contribution in [0, 0.1) is 17.6 Å². The molecular formula is C19H24F4O. The lowest BCUT2D eigenvalue weighted by molar-refractivity contribution is -0.0546. The van der Waals surface area contributed by atoms with Gasteiger partial charge < -0.3 is 4.74 Å². The molecule has 0 aromatic heterocycles. The SMILES string of the molecule is CCC=CCCC1CCC(c2cc(F)c(OC(F)F)c(F)c2)CC1. The molecule has 0 unspecified atom stereocenters. The third kappa shape index (κ3) is 5.25. The van der Waals surface area contributed by atoms with Crippen LogP contribution < -0.4 is 4.74 Å². The van der Waals surface area contributed by atoms with Crippen LogP contribution in [-0.4, -0.2) is 6.61 Å². The minimum atomic E-state index is -3.24. The van der Waals surface area contributed by atoms with Gasteiger partial charge in [-0.25, -0.2) is 8.78 Å². The van der Waals surface area contributed by atoms with Crippen LogP contribution in [0.15, 0.2) is 24.3 Å². The van der Waals surface area contributed by atoms with E-state index < -0.39 is 24.0 Å². The molecule has 2 rings (SSSR count). The number of ether oxygens (including phenoxy) is 1. The molecule has 0 saturated heterocycles. The molecule has 24 heavy (non-hydrogen) atoms. The molecule has 1 nitrogen and oxygen atoms in total. The molecule has 0 aliphatic heterocycles. The lowest BCUT2D eigenvalue weighted by Gasteiger charge is -2.29. The third-order valence-electron chi connectivity index (χ3n) is 4.69. The second-order valence-electron chi connectivity index (χ2n) is 6.37. The van der Waals surface area contributed by atoms with Gasteiger partial charge in [-0.15, -0.1) is 0 Å². The number of benzene rings is 1. The summed E-state index contributed by atoms with van der Waals surface area (Å²) in [7, 11) is 0. The van der Waals surface area contributed by atoms with Gasteiger partial charge in [0.2, 0.25) is 0 Å². The zero-order valence-corrected chi connectivity index (χ0v) is 13.9. The standard InChI is InChI=1S/C19H24F4O/c1-2-3-4-5-6-13-7-9-14(10-8-13)15-11-16(20)18(17(21)12-15)24-19(22)23/h3-4,11-14,19H,2,5-10H2,1H3. The molecule has 1 aliphatic carbocycles. The fraction of sp³-hybridized carbons (Fsp3) is 0.579. The van der Waals surface area contributed by atoms with E-state index in [1.807, 2.05) is 0 Å². The van der Waals surface area contributed by atoms with Gasteiger partial charge in [0.1, 0.15) is 0 Å². The van der Waals surface area contributed by atoms with Crippen LogP contribution in [0.4, 0.5) is 17.6 Å². The summed E-state index contributed by atoms with van der Waals surface area (Å²) in [6.07, 6.45) is 11.5. The van der Waals surface area contributed by atoms with Gasteiger partial charge in [0, 0.05) is 0 Å². The first-order valence-corrected chi connectivity index (χ1v) is 8.60. The van der Waals surface area contributed by atoms with Crippen LogP contribution in [0.5, 0.6) is 5.75 Å².